The van der Waals surface area contributed by atoms with Crippen molar-refractivity contribution >= 4 is 11.4 Å². The van der Waals surface area contributed by atoms with E-state index < -0.39 is 0 Å². The van der Waals surface area contributed by atoms with Gasteiger partial charge in [0.2, 0.25) is 0 Å². The van der Waals surface area contributed by atoms with Gasteiger partial charge >= 0.3 is 0 Å². The average molecular weight is 282 g/mol. The third kappa shape index (κ3) is 3.13. The van der Waals surface area contributed by atoms with Crippen molar-refractivity contribution in [3.63, 3.8) is 0 Å². The summed E-state index contributed by atoms with van der Waals surface area (Å²) in [5.41, 5.74) is 4.99. The van der Waals surface area contributed by atoms with Crippen molar-refractivity contribution in [3.8, 4) is 5.75 Å². The van der Waals surface area contributed by atoms with Gasteiger partial charge in [0.25, 0.3) is 0 Å². The molecule has 1 aliphatic rings. The average Bonchev–Trinajstić information content (AvgIpc) is 2.52. The molecule has 110 valence electrons. The molecule has 0 unspecified atom stereocenters. The summed E-state index contributed by atoms with van der Waals surface area (Å²) in [6.07, 6.45) is 0. The van der Waals surface area contributed by atoms with Gasteiger partial charge in [-0.05, 0) is 49.2 Å². The summed E-state index contributed by atoms with van der Waals surface area (Å²) in [5.74, 6) is 0.962. The second kappa shape index (κ2) is 6.08. The molecule has 0 saturated carbocycles. The zero-order valence-corrected chi connectivity index (χ0v) is 12.7. The maximum atomic E-state index is 5.63. The smallest absolute Gasteiger partial charge is 0.142 e. The molecule has 0 atom stereocenters. The first-order chi connectivity index (χ1) is 10.3. The van der Waals surface area contributed by atoms with E-state index in [1.807, 2.05) is 0 Å². The van der Waals surface area contributed by atoms with Gasteiger partial charge in [0.05, 0.1) is 5.69 Å². The summed E-state index contributed by atoms with van der Waals surface area (Å²) < 4.78 is 5.63. The second-order valence-electron chi connectivity index (χ2n) is 5.46. The lowest BCUT2D eigenvalue weighted by Gasteiger charge is -2.25. The number of nitrogens with one attached hydrogen (secondary N) is 1. The first-order valence-corrected chi connectivity index (χ1v) is 7.57. The molecular formula is C18H22N2O. The van der Waals surface area contributed by atoms with E-state index in [0.717, 1.165) is 37.7 Å². The number of rotatable bonds is 4. The van der Waals surface area contributed by atoms with Crippen LogP contribution in [0.3, 0.4) is 0 Å². The van der Waals surface area contributed by atoms with Crippen LogP contribution in [0.2, 0.25) is 0 Å². The Labute approximate surface area is 126 Å². The highest BCUT2D eigenvalue weighted by atomic mass is 16.5. The predicted molar refractivity (Wildman–Crippen MR) is 88.3 cm³/mol. The third-order valence-electron chi connectivity index (χ3n) is 3.84. The second-order valence-corrected chi connectivity index (χ2v) is 5.46. The molecule has 0 saturated heterocycles. The van der Waals surface area contributed by atoms with Crippen LogP contribution >= 0.6 is 0 Å². The molecule has 0 fully saturated rings. The van der Waals surface area contributed by atoms with Crippen molar-refractivity contribution < 1.29 is 4.74 Å². The molecule has 3 heteroatoms. The molecule has 0 bridgehead atoms. The Hall–Kier alpha value is -2.16. The Morgan fingerprint density at radius 3 is 2.90 bits per heavy atom. The molecule has 0 spiro atoms. The minimum atomic E-state index is 0.747. The van der Waals surface area contributed by atoms with Crippen LogP contribution in [0.25, 0.3) is 0 Å². The zero-order valence-electron chi connectivity index (χ0n) is 12.7. The van der Waals surface area contributed by atoms with Gasteiger partial charge < -0.3 is 15.0 Å². The zero-order chi connectivity index (χ0) is 14.7. The van der Waals surface area contributed by atoms with Crippen LogP contribution in [0.4, 0.5) is 11.4 Å². The fourth-order valence-corrected chi connectivity index (χ4v) is 2.72. The van der Waals surface area contributed by atoms with E-state index in [4.69, 9.17) is 4.74 Å². The van der Waals surface area contributed by atoms with E-state index in [-0.39, 0.29) is 0 Å². The summed E-state index contributed by atoms with van der Waals surface area (Å²) in [6, 6.07) is 15.1. The Morgan fingerprint density at radius 1 is 1.19 bits per heavy atom. The number of nitrogens with zero attached hydrogens (tertiary/aromatic N) is 1. The molecule has 21 heavy (non-hydrogen) atoms. The number of hydrogen-bond donors (Lipinski definition) is 1. The molecule has 2 aromatic carbocycles. The molecule has 3 rings (SSSR count). The van der Waals surface area contributed by atoms with Crippen molar-refractivity contribution in [2.45, 2.75) is 20.4 Å². The summed E-state index contributed by atoms with van der Waals surface area (Å²) in [5, 5.41) is 3.40. The van der Waals surface area contributed by atoms with Gasteiger partial charge in [-0.1, -0.05) is 18.2 Å². The van der Waals surface area contributed by atoms with Crippen molar-refractivity contribution in [1.82, 2.24) is 0 Å². The van der Waals surface area contributed by atoms with Gasteiger partial charge in [0, 0.05) is 25.3 Å². The minimum Gasteiger partial charge on any atom is -0.490 e. The largest absolute Gasteiger partial charge is 0.490 e. The summed E-state index contributed by atoms with van der Waals surface area (Å²) >= 11 is 0. The van der Waals surface area contributed by atoms with Crippen LogP contribution in [0.5, 0.6) is 5.75 Å². The fourth-order valence-electron chi connectivity index (χ4n) is 2.72. The molecule has 1 N–H and O–H groups in total. The van der Waals surface area contributed by atoms with E-state index in [1.165, 1.54) is 16.8 Å². The Morgan fingerprint density at radius 2 is 2.10 bits per heavy atom. The number of aryl methyl sites for hydroxylation is 1. The highest BCUT2D eigenvalue weighted by Gasteiger charge is 2.11. The third-order valence-corrected chi connectivity index (χ3v) is 3.84. The number of benzene rings is 2. The van der Waals surface area contributed by atoms with Crippen molar-refractivity contribution in [2.24, 2.45) is 0 Å². The van der Waals surface area contributed by atoms with E-state index in [0.29, 0.717) is 0 Å². The molecule has 1 heterocycles. The van der Waals surface area contributed by atoms with E-state index in [9.17, 15) is 0 Å². The van der Waals surface area contributed by atoms with Gasteiger partial charge in [-0.15, -0.1) is 0 Å². The van der Waals surface area contributed by atoms with E-state index >= 15 is 0 Å². The van der Waals surface area contributed by atoms with Crippen LogP contribution in [0, 0.1) is 6.92 Å². The molecule has 3 nitrogen and oxygen atoms in total. The Kier molecular flexibility index (Phi) is 4.00. The lowest BCUT2D eigenvalue weighted by Crippen LogP contribution is -2.23. The topological polar surface area (TPSA) is 24.5 Å². The summed E-state index contributed by atoms with van der Waals surface area (Å²) in [7, 11) is 0. The van der Waals surface area contributed by atoms with Gasteiger partial charge in [-0.2, -0.15) is 0 Å². The highest BCUT2D eigenvalue weighted by molar-refractivity contribution is 5.60. The summed E-state index contributed by atoms with van der Waals surface area (Å²) in [6.45, 7) is 7.86. The molecular weight excluding hydrogens is 260 g/mol. The lowest BCUT2D eigenvalue weighted by atomic mass is 10.1. The van der Waals surface area contributed by atoms with Crippen LogP contribution in [0.15, 0.2) is 42.5 Å². The van der Waals surface area contributed by atoms with Crippen LogP contribution in [0.1, 0.15) is 18.1 Å². The number of ether oxygens (including phenoxy) is 1. The van der Waals surface area contributed by atoms with Crippen molar-refractivity contribution in [2.75, 3.05) is 29.9 Å². The Bertz CT molecular complexity index is 624. The van der Waals surface area contributed by atoms with Crippen LogP contribution in [-0.4, -0.2) is 19.7 Å². The summed E-state index contributed by atoms with van der Waals surface area (Å²) in [4.78, 5) is 2.39. The highest BCUT2D eigenvalue weighted by Crippen LogP contribution is 2.29. The first kappa shape index (κ1) is 13.8. The molecule has 0 aromatic heterocycles. The van der Waals surface area contributed by atoms with Crippen molar-refractivity contribution in [3.05, 3.63) is 53.6 Å². The lowest BCUT2D eigenvalue weighted by molar-refractivity contribution is 0.323. The van der Waals surface area contributed by atoms with Gasteiger partial charge in [0.15, 0.2) is 0 Å². The first-order valence-electron chi connectivity index (χ1n) is 7.57. The van der Waals surface area contributed by atoms with Crippen LogP contribution in [-0.2, 0) is 6.54 Å². The monoisotopic (exact) mass is 282 g/mol. The van der Waals surface area contributed by atoms with Gasteiger partial charge in [-0.25, -0.2) is 0 Å². The van der Waals surface area contributed by atoms with Gasteiger partial charge in [0.1, 0.15) is 12.4 Å². The normalized spacial score (nSPS) is 13.0. The number of anilines is 2. The van der Waals surface area contributed by atoms with Crippen molar-refractivity contribution in [1.29, 1.82) is 0 Å². The SMILES string of the molecule is CCN(Cc1ccc2c(c1)NCCO2)c1cccc(C)c1. The fraction of sp³-hybridized carbons (Fsp3) is 0.333. The van der Waals surface area contributed by atoms with Crippen LogP contribution < -0.4 is 15.0 Å². The maximum absolute atomic E-state index is 5.63. The quantitative estimate of drug-likeness (QED) is 0.922. The molecule has 0 amide bonds. The predicted octanol–water partition coefficient (Wildman–Crippen LogP) is 3.83. The van der Waals surface area contributed by atoms with E-state index in [2.05, 4.69) is 66.5 Å². The maximum Gasteiger partial charge on any atom is 0.142 e. The molecule has 0 aliphatic carbocycles. The Balaban J connectivity index is 1.81. The number of fused-ring (bicyclic) bond motifs is 1. The molecule has 1 aliphatic heterocycles. The molecule has 2 aromatic rings. The standard InChI is InChI=1S/C18H22N2O/c1-3-20(16-6-4-5-14(2)11-16)13-15-7-8-18-17(12-15)19-9-10-21-18/h4-8,11-12,19H,3,9-10,13H2,1-2H3. The number of hydrogen-bond acceptors (Lipinski definition) is 3. The molecule has 0 radical (unpaired) electrons. The minimum absolute atomic E-state index is 0.747. The van der Waals surface area contributed by atoms with E-state index in [1.54, 1.807) is 0 Å². The van der Waals surface area contributed by atoms with Gasteiger partial charge in [-0.3, -0.25) is 0 Å².